The van der Waals surface area contributed by atoms with Gasteiger partial charge in [0.05, 0.1) is 6.54 Å². The fourth-order valence-corrected chi connectivity index (χ4v) is 4.41. The Morgan fingerprint density at radius 1 is 1.26 bits per heavy atom. The number of halogens is 1. The van der Waals surface area contributed by atoms with Gasteiger partial charge in [-0.15, -0.1) is 0 Å². The maximum absolute atomic E-state index is 13.2. The quantitative estimate of drug-likeness (QED) is 0.592. The maximum atomic E-state index is 13.2. The average Bonchev–Trinajstić information content (AvgIpc) is 2.64. The fraction of sp³-hybridized carbons (Fsp3) is 0.667. The Bertz CT molecular complexity index is 607. The SMILES string of the molecule is CCNC(=NCC(OC)c1ccc(F)cc1)NC1CC2CCCC(C1)N2C. The molecule has 2 heterocycles. The van der Waals surface area contributed by atoms with Gasteiger partial charge < -0.3 is 20.3 Å². The minimum absolute atomic E-state index is 0.182. The number of piperidine rings is 2. The highest BCUT2D eigenvalue weighted by Crippen LogP contribution is 2.32. The zero-order chi connectivity index (χ0) is 19.2. The second kappa shape index (κ2) is 9.51. The van der Waals surface area contributed by atoms with Crippen LogP contribution in [0, 0.1) is 5.82 Å². The van der Waals surface area contributed by atoms with Crippen molar-refractivity contribution in [2.75, 3.05) is 27.2 Å². The highest BCUT2D eigenvalue weighted by Gasteiger charge is 2.36. The number of methoxy groups -OCH3 is 1. The van der Waals surface area contributed by atoms with Crippen molar-refractivity contribution in [3.05, 3.63) is 35.6 Å². The van der Waals surface area contributed by atoms with Crippen LogP contribution in [0.2, 0.25) is 0 Å². The summed E-state index contributed by atoms with van der Waals surface area (Å²) in [5, 5.41) is 7.00. The number of nitrogens with zero attached hydrogens (tertiary/aromatic N) is 2. The van der Waals surface area contributed by atoms with Gasteiger partial charge in [0.1, 0.15) is 11.9 Å². The summed E-state index contributed by atoms with van der Waals surface area (Å²) in [4.78, 5) is 7.32. The Labute approximate surface area is 162 Å². The highest BCUT2D eigenvalue weighted by atomic mass is 19.1. The second-order valence-corrected chi connectivity index (χ2v) is 7.71. The summed E-state index contributed by atoms with van der Waals surface area (Å²) >= 11 is 0. The minimum atomic E-state index is -0.236. The van der Waals surface area contributed by atoms with Crippen LogP contribution in [-0.2, 0) is 4.74 Å². The van der Waals surface area contributed by atoms with Gasteiger partial charge in [0.25, 0.3) is 0 Å². The molecule has 2 aliphatic heterocycles. The van der Waals surface area contributed by atoms with Crippen molar-refractivity contribution in [2.45, 2.75) is 63.3 Å². The molecule has 3 unspecified atom stereocenters. The fourth-order valence-electron chi connectivity index (χ4n) is 4.41. The third-order valence-corrected chi connectivity index (χ3v) is 5.97. The van der Waals surface area contributed by atoms with Crippen molar-refractivity contribution in [1.82, 2.24) is 15.5 Å². The summed E-state index contributed by atoms with van der Waals surface area (Å²) in [5.74, 6) is 0.606. The van der Waals surface area contributed by atoms with E-state index < -0.39 is 0 Å². The van der Waals surface area contributed by atoms with Crippen molar-refractivity contribution in [3.8, 4) is 0 Å². The molecule has 2 fully saturated rings. The minimum Gasteiger partial charge on any atom is -0.375 e. The monoisotopic (exact) mass is 376 g/mol. The van der Waals surface area contributed by atoms with Gasteiger partial charge in [-0.1, -0.05) is 18.6 Å². The molecule has 3 rings (SSSR count). The Hall–Kier alpha value is -1.66. The molecule has 5 nitrogen and oxygen atoms in total. The normalized spacial score (nSPS) is 27.3. The van der Waals surface area contributed by atoms with Gasteiger partial charge >= 0.3 is 0 Å². The molecule has 2 bridgehead atoms. The Morgan fingerprint density at radius 2 is 1.93 bits per heavy atom. The van der Waals surface area contributed by atoms with Crippen LogP contribution in [0.3, 0.4) is 0 Å². The first-order valence-electron chi connectivity index (χ1n) is 10.2. The number of rotatable bonds is 6. The lowest BCUT2D eigenvalue weighted by atomic mass is 9.82. The number of ether oxygens (including phenoxy) is 1. The van der Waals surface area contributed by atoms with Gasteiger partial charge in [0.2, 0.25) is 0 Å². The zero-order valence-electron chi connectivity index (χ0n) is 16.7. The standard InChI is InChI=1S/C21H33FN4O/c1-4-23-21(24-14-20(27-3)15-8-10-16(22)11-9-15)25-17-12-18-6-5-7-19(13-17)26(18)2/h8-11,17-20H,4-7,12-14H2,1-3H3,(H2,23,24,25). The third-order valence-electron chi connectivity index (χ3n) is 5.97. The van der Waals surface area contributed by atoms with Gasteiger partial charge in [-0.05, 0) is 57.4 Å². The van der Waals surface area contributed by atoms with E-state index in [0.717, 1.165) is 18.1 Å². The van der Waals surface area contributed by atoms with E-state index in [-0.39, 0.29) is 11.9 Å². The Balaban J connectivity index is 1.62. The number of guanidine groups is 1. The van der Waals surface area contributed by atoms with E-state index >= 15 is 0 Å². The Kier molecular flexibility index (Phi) is 7.07. The van der Waals surface area contributed by atoms with Gasteiger partial charge in [-0.2, -0.15) is 0 Å². The van der Waals surface area contributed by atoms with Crippen molar-refractivity contribution >= 4 is 5.96 Å². The molecule has 1 aromatic rings. The zero-order valence-corrected chi connectivity index (χ0v) is 16.7. The van der Waals surface area contributed by atoms with Gasteiger partial charge in [0, 0.05) is 31.8 Å². The lowest BCUT2D eigenvalue weighted by molar-refractivity contribution is 0.0526. The molecule has 27 heavy (non-hydrogen) atoms. The van der Waals surface area contributed by atoms with Crippen LogP contribution >= 0.6 is 0 Å². The predicted octanol–water partition coefficient (Wildman–Crippen LogP) is 3.08. The lowest BCUT2D eigenvalue weighted by Crippen LogP contribution is -2.56. The number of hydrogen-bond donors (Lipinski definition) is 2. The van der Waals surface area contributed by atoms with E-state index in [1.807, 2.05) is 0 Å². The molecule has 3 atom stereocenters. The topological polar surface area (TPSA) is 48.9 Å². The Morgan fingerprint density at radius 3 is 2.52 bits per heavy atom. The molecule has 2 saturated heterocycles. The highest BCUT2D eigenvalue weighted by molar-refractivity contribution is 5.80. The first kappa shape index (κ1) is 20.1. The van der Waals surface area contributed by atoms with E-state index in [2.05, 4.69) is 29.5 Å². The van der Waals surface area contributed by atoms with Crippen LogP contribution in [0.4, 0.5) is 4.39 Å². The summed E-state index contributed by atoms with van der Waals surface area (Å²) in [6, 6.07) is 8.28. The number of hydrogen-bond acceptors (Lipinski definition) is 3. The van der Waals surface area contributed by atoms with Gasteiger partial charge in [-0.3, -0.25) is 4.99 Å². The van der Waals surface area contributed by atoms with Gasteiger partial charge in [0.15, 0.2) is 5.96 Å². The van der Waals surface area contributed by atoms with E-state index in [9.17, 15) is 4.39 Å². The second-order valence-electron chi connectivity index (χ2n) is 7.71. The molecular formula is C21H33FN4O. The molecule has 0 aliphatic carbocycles. The van der Waals surface area contributed by atoms with E-state index in [1.165, 1.54) is 44.2 Å². The van der Waals surface area contributed by atoms with E-state index in [4.69, 9.17) is 9.73 Å². The predicted molar refractivity (Wildman–Crippen MR) is 107 cm³/mol. The summed E-state index contributed by atoms with van der Waals surface area (Å²) < 4.78 is 18.7. The molecule has 2 aliphatic rings. The molecule has 0 saturated carbocycles. The first-order chi connectivity index (χ1) is 13.1. The van der Waals surface area contributed by atoms with Crippen LogP contribution in [-0.4, -0.2) is 56.2 Å². The third kappa shape index (κ3) is 5.20. The van der Waals surface area contributed by atoms with Crippen molar-refractivity contribution in [2.24, 2.45) is 4.99 Å². The van der Waals surface area contributed by atoms with E-state index in [0.29, 0.717) is 24.7 Å². The van der Waals surface area contributed by atoms with Crippen LogP contribution < -0.4 is 10.6 Å². The molecule has 0 amide bonds. The summed E-state index contributed by atoms with van der Waals surface area (Å²) in [6.07, 6.45) is 6.11. The number of benzene rings is 1. The van der Waals surface area contributed by atoms with Gasteiger partial charge in [-0.25, -0.2) is 4.39 Å². The van der Waals surface area contributed by atoms with Crippen molar-refractivity contribution in [1.29, 1.82) is 0 Å². The number of aliphatic imine (C=N–C) groups is 1. The molecule has 0 spiro atoms. The molecule has 0 radical (unpaired) electrons. The maximum Gasteiger partial charge on any atom is 0.191 e. The van der Waals surface area contributed by atoms with Crippen LogP contribution in [0.5, 0.6) is 0 Å². The van der Waals surface area contributed by atoms with Crippen molar-refractivity contribution in [3.63, 3.8) is 0 Å². The first-order valence-corrected chi connectivity index (χ1v) is 10.2. The number of nitrogens with one attached hydrogen (secondary N) is 2. The molecule has 1 aromatic carbocycles. The molecule has 0 aromatic heterocycles. The van der Waals surface area contributed by atoms with Crippen LogP contribution in [0.25, 0.3) is 0 Å². The summed E-state index contributed by atoms with van der Waals surface area (Å²) in [7, 11) is 3.94. The molecule has 2 N–H and O–H groups in total. The average molecular weight is 377 g/mol. The smallest absolute Gasteiger partial charge is 0.191 e. The van der Waals surface area contributed by atoms with Crippen LogP contribution in [0.15, 0.2) is 29.3 Å². The van der Waals surface area contributed by atoms with Crippen LogP contribution in [0.1, 0.15) is 50.7 Å². The molecule has 150 valence electrons. The number of fused-ring (bicyclic) bond motifs is 2. The van der Waals surface area contributed by atoms with E-state index in [1.54, 1.807) is 19.2 Å². The summed E-state index contributed by atoms with van der Waals surface area (Å²) in [5.41, 5.74) is 0.937. The van der Waals surface area contributed by atoms with Crippen molar-refractivity contribution < 1.29 is 9.13 Å². The summed E-state index contributed by atoms with van der Waals surface area (Å²) in [6.45, 7) is 3.39. The largest absolute Gasteiger partial charge is 0.375 e. The molecular weight excluding hydrogens is 343 g/mol. The molecule has 6 heteroatoms. The lowest BCUT2D eigenvalue weighted by Gasteiger charge is -2.47.